The number of hydrogen-bond acceptors (Lipinski definition) is 4. The maximum Gasteiger partial charge on any atom is 0.150 e. The quantitative estimate of drug-likeness (QED) is 0.651. The summed E-state index contributed by atoms with van der Waals surface area (Å²) in [6.07, 6.45) is 1.28. The predicted octanol–water partition coefficient (Wildman–Crippen LogP) is 0.145. The lowest BCUT2D eigenvalue weighted by Gasteiger charge is -2.03. The SMILES string of the molecule is C[C@@H](O)CNCc1ccno1. The van der Waals surface area contributed by atoms with Crippen LogP contribution in [0.2, 0.25) is 0 Å². The smallest absolute Gasteiger partial charge is 0.150 e. The van der Waals surface area contributed by atoms with E-state index in [9.17, 15) is 0 Å². The maximum atomic E-state index is 8.87. The first kappa shape index (κ1) is 8.23. The highest BCUT2D eigenvalue weighted by atomic mass is 16.5. The Hall–Kier alpha value is -0.870. The second kappa shape index (κ2) is 4.10. The monoisotopic (exact) mass is 156 g/mol. The van der Waals surface area contributed by atoms with E-state index < -0.39 is 0 Å². The Labute approximate surface area is 65.2 Å². The standard InChI is InChI=1S/C7H12N2O2/c1-6(10)4-8-5-7-2-3-9-11-7/h2-3,6,8,10H,4-5H2,1H3/t6-/m1/s1. The van der Waals surface area contributed by atoms with Gasteiger partial charge in [0.1, 0.15) is 5.76 Å². The van der Waals surface area contributed by atoms with Crippen molar-refractivity contribution in [3.05, 3.63) is 18.0 Å². The van der Waals surface area contributed by atoms with Crippen LogP contribution in [-0.2, 0) is 6.54 Å². The molecule has 0 aromatic carbocycles. The Morgan fingerprint density at radius 3 is 3.18 bits per heavy atom. The average Bonchev–Trinajstić information content (AvgIpc) is 2.39. The Kier molecular flexibility index (Phi) is 3.07. The summed E-state index contributed by atoms with van der Waals surface area (Å²) >= 11 is 0. The van der Waals surface area contributed by atoms with Crippen molar-refractivity contribution in [2.45, 2.75) is 19.6 Å². The van der Waals surface area contributed by atoms with E-state index in [4.69, 9.17) is 9.63 Å². The van der Waals surface area contributed by atoms with E-state index in [1.807, 2.05) is 0 Å². The molecule has 0 fully saturated rings. The Morgan fingerprint density at radius 1 is 1.82 bits per heavy atom. The number of nitrogens with zero attached hydrogens (tertiary/aromatic N) is 1. The molecule has 0 radical (unpaired) electrons. The molecule has 1 aromatic heterocycles. The highest BCUT2D eigenvalue weighted by Crippen LogP contribution is 1.94. The van der Waals surface area contributed by atoms with Crippen molar-refractivity contribution in [1.29, 1.82) is 0 Å². The molecule has 0 spiro atoms. The van der Waals surface area contributed by atoms with Gasteiger partial charge in [0, 0.05) is 12.6 Å². The van der Waals surface area contributed by atoms with Crippen LogP contribution in [0.25, 0.3) is 0 Å². The summed E-state index contributed by atoms with van der Waals surface area (Å²) in [5.41, 5.74) is 0. The second-order valence-corrected chi connectivity index (χ2v) is 2.46. The molecule has 4 nitrogen and oxygen atoms in total. The molecule has 1 atom stereocenters. The van der Waals surface area contributed by atoms with Crippen molar-refractivity contribution in [3.8, 4) is 0 Å². The van der Waals surface area contributed by atoms with Crippen molar-refractivity contribution in [2.75, 3.05) is 6.54 Å². The number of rotatable bonds is 4. The van der Waals surface area contributed by atoms with E-state index in [0.29, 0.717) is 13.1 Å². The number of nitrogens with one attached hydrogen (secondary N) is 1. The molecule has 0 bridgehead atoms. The summed E-state index contributed by atoms with van der Waals surface area (Å²) in [6.45, 7) is 2.92. The van der Waals surface area contributed by atoms with Gasteiger partial charge in [-0.15, -0.1) is 0 Å². The summed E-state index contributed by atoms with van der Waals surface area (Å²) in [5.74, 6) is 0.783. The summed E-state index contributed by atoms with van der Waals surface area (Å²) in [4.78, 5) is 0. The van der Waals surface area contributed by atoms with Crippen molar-refractivity contribution < 1.29 is 9.63 Å². The normalized spacial score (nSPS) is 13.3. The van der Waals surface area contributed by atoms with Crippen LogP contribution in [0.1, 0.15) is 12.7 Å². The lowest BCUT2D eigenvalue weighted by molar-refractivity contribution is 0.189. The summed E-state index contributed by atoms with van der Waals surface area (Å²) < 4.78 is 4.82. The third kappa shape index (κ3) is 3.15. The van der Waals surface area contributed by atoms with Gasteiger partial charge in [0.25, 0.3) is 0 Å². The molecule has 1 aromatic rings. The van der Waals surface area contributed by atoms with Crippen LogP contribution in [0.3, 0.4) is 0 Å². The third-order valence-electron chi connectivity index (χ3n) is 1.23. The van der Waals surface area contributed by atoms with E-state index in [-0.39, 0.29) is 6.10 Å². The summed E-state index contributed by atoms with van der Waals surface area (Å²) in [5, 5.41) is 15.4. The van der Waals surface area contributed by atoms with Crippen LogP contribution in [-0.4, -0.2) is 22.9 Å². The molecule has 0 aliphatic heterocycles. The van der Waals surface area contributed by atoms with Gasteiger partial charge in [-0.2, -0.15) is 0 Å². The Balaban J connectivity index is 2.14. The van der Waals surface area contributed by atoms with Crippen LogP contribution < -0.4 is 5.32 Å². The topological polar surface area (TPSA) is 58.3 Å². The summed E-state index contributed by atoms with van der Waals surface area (Å²) in [7, 11) is 0. The first-order chi connectivity index (χ1) is 5.29. The van der Waals surface area contributed by atoms with Gasteiger partial charge in [-0.3, -0.25) is 0 Å². The number of aromatic nitrogens is 1. The minimum atomic E-state index is -0.321. The minimum Gasteiger partial charge on any atom is -0.392 e. The number of aliphatic hydroxyl groups is 1. The summed E-state index contributed by atoms with van der Waals surface area (Å²) in [6, 6.07) is 1.79. The molecule has 1 heterocycles. The molecule has 0 aliphatic carbocycles. The highest BCUT2D eigenvalue weighted by molar-refractivity contribution is 4.91. The van der Waals surface area contributed by atoms with E-state index in [2.05, 4.69) is 10.5 Å². The average molecular weight is 156 g/mol. The first-order valence-electron chi connectivity index (χ1n) is 3.57. The largest absolute Gasteiger partial charge is 0.392 e. The van der Waals surface area contributed by atoms with Gasteiger partial charge in [0.05, 0.1) is 18.8 Å². The van der Waals surface area contributed by atoms with Crippen LogP contribution >= 0.6 is 0 Å². The Bertz CT molecular complexity index is 184. The zero-order chi connectivity index (χ0) is 8.10. The van der Waals surface area contributed by atoms with Gasteiger partial charge in [0.15, 0.2) is 0 Å². The lowest BCUT2D eigenvalue weighted by Crippen LogP contribution is -2.23. The van der Waals surface area contributed by atoms with Crippen LogP contribution in [0.4, 0.5) is 0 Å². The van der Waals surface area contributed by atoms with Crippen LogP contribution in [0.5, 0.6) is 0 Å². The molecular weight excluding hydrogens is 144 g/mol. The zero-order valence-corrected chi connectivity index (χ0v) is 6.45. The van der Waals surface area contributed by atoms with E-state index in [0.717, 1.165) is 5.76 Å². The fraction of sp³-hybridized carbons (Fsp3) is 0.571. The molecule has 0 saturated carbocycles. The van der Waals surface area contributed by atoms with Crippen LogP contribution in [0.15, 0.2) is 16.8 Å². The second-order valence-electron chi connectivity index (χ2n) is 2.46. The fourth-order valence-corrected chi connectivity index (χ4v) is 0.738. The molecule has 0 saturated heterocycles. The first-order valence-corrected chi connectivity index (χ1v) is 3.57. The fourth-order valence-electron chi connectivity index (χ4n) is 0.738. The van der Waals surface area contributed by atoms with Crippen molar-refractivity contribution >= 4 is 0 Å². The minimum absolute atomic E-state index is 0.321. The predicted molar refractivity (Wildman–Crippen MR) is 39.9 cm³/mol. The van der Waals surface area contributed by atoms with Crippen LogP contribution in [0, 0.1) is 0 Å². The molecule has 4 heteroatoms. The van der Waals surface area contributed by atoms with Gasteiger partial charge >= 0.3 is 0 Å². The molecule has 2 N–H and O–H groups in total. The van der Waals surface area contributed by atoms with E-state index >= 15 is 0 Å². The number of aliphatic hydroxyl groups excluding tert-OH is 1. The zero-order valence-electron chi connectivity index (χ0n) is 6.45. The van der Waals surface area contributed by atoms with E-state index in [1.54, 1.807) is 19.2 Å². The molecule has 0 aliphatic rings. The van der Waals surface area contributed by atoms with Gasteiger partial charge in [-0.05, 0) is 6.92 Å². The molecular formula is C7H12N2O2. The highest BCUT2D eigenvalue weighted by Gasteiger charge is 1.97. The molecule has 1 rings (SSSR count). The molecule has 0 unspecified atom stereocenters. The van der Waals surface area contributed by atoms with Gasteiger partial charge < -0.3 is 14.9 Å². The molecule has 62 valence electrons. The van der Waals surface area contributed by atoms with Gasteiger partial charge in [0.2, 0.25) is 0 Å². The molecule has 0 amide bonds. The Morgan fingerprint density at radius 2 is 2.64 bits per heavy atom. The van der Waals surface area contributed by atoms with Crippen molar-refractivity contribution in [3.63, 3.8) is 0 Å². The van der Waals surface area contributed by atoms with Gasteiger partial charge in [-0.1, -0.05) is 5.16 Å². The maximum absolute atomic E-state index is 8.87. The lowest BCUT2D eigenvalue weighted by atomic mass is 10.4. The van der Waals surface area contributed by atoms with E-state index in [1.165, 1.54) is 0 Å². The van der Waals surface area contributed by atoms with Gasteiger partial charge in [-0.25, -0.2) is 0 Å². The van der Waals surface area contributed by atoms with Crippen molar-refractivity contribution in [1.82, 2.24) is 10.5 Å². The molecule has 11 heavy (non-hydrogen) atoms. The third-order valence-corrected chi connectivity index (χ3v) is 1.23. The van der Waals surface area contributed by atoms with Crippen molar-refractivity contribution in [2.24, 2.45) is 0 Å². The number of hydrogen-bond donors (Lipinski definition) is 2.